The van der Waals surface area contributed by atoms with Crippen molar-refractivity contribution in [3.63, 3.8) is 0 Å². The highest BCUT2D eigenvalue weighted by Gasteiger charge is 2.56. The molecule has 1 unspecified atom stereocenters. The van der Waals surface area contributed by atoms with Gasteiger partial charge in [-0.15, -0.1) is 23.5 Å². The summed E-state index contributed by atoms with van der Waals surface area (Å²) in [6.07, 6.45) is 7.13. The highest BCUT2D eigenvalue weighted by molar-refractivity contribution is 8.21. The van der Waals surface area contributed by atoms with Gasteiger partial charge in [0, 0.05) is 17.9 Å². The Labute approximate surface area is 107 Å². The average Bonchev–Trinajstić information content (AvgIpc) is 2.81. The third kappa shape index (κ3) is 1.83. The van der Waals surface area contributed by atoms with E-state index < -0.39 is 0 Å². The van der Waals surface area contributed by atoms with E-state index in [0.717, 1.165) is 5.92 Å². The molecule has 1 saturated carbocycles. The van der Waals surface area contributed by atoms with Crippen molar-refractivity contribution in [1.82, 2.24) is 0 Å². The SMILES string of the molecule is CC1CCC2(CC1)CC1(SCCS1)C(C)O2. The van der Waals surface area contributed by atoms with Crippen LogP contribution in [0.4, 0.5) is 0 Å². The molecule has 2 heterocycles. The van der Waals surface area contributed by atoms with Gasteiger partial charge in [-0.3, -0.25) is 0 Å². The third-order valence-electron chi connectivity index (χ3n) is 4.58. The van der Waals surface area contributed by atoms with Crippen LogP contribution >= 0.6 is 23.5 Å². The molecule has 0 amide bonds. The lowest BCUT2D eigenvalue weighted by molar-refractivity contribution is -0.0640. The molecule has 0 radical (unpaired) electrons. The van der Waals surface area contributed by atoms with E-state index in [1.807, 2.05) is 0 Å². The van der Waals surface area contributed by atoms with Crippen LogP contribution in [0.3, 0.4) is 0 Å². The summed E-state index contributed by atoms with van der Waals surface area (Å²) in [4.78, 5) is 0. The monoisotopic (exact) mass is 258 g/mol. The van der Waals surface area contributed by atoms with Gasteiger partial charge >= 0.3 is 0 Å². The van der Waals surface area contributed by atoms with Crippen molar-refractivity contribution in [1.29, 1.82) is 0 Å². The van der Waals surface area contributed by atoms with Crippen molar-refractivity contribution in [3.05, 3.63) is 0 Å². The summed E-state index contributed by atoms with van der Waals surface area (Å²) < 4.78 is 6.85. The zero-order valence-electron chi connectivity index (χ0n) is 10.3. The Hall–Kier alpha value is 0.660. The minimum absolute atomic E-state index is 0.260. The zero-order chi connectivity index (χ0) is 11.2. The Bertz CT molecular complexity index is 265. The number of ether oxygens (including phenoxy) is 1. The van der Waals surface area contributed by atoms with Gasteiger partial charge in [-0.2, -0.15) is 0 Å². The highest BCUT2D eigenvalue weighted by atomic mass is 32.2. The van der Waals surface area contributed by atoms with E-state index >= 15 is 0 Å². The quantitative estimate of drug-likeness (QED) is 0.652. The summed E-state index contributed by atoms with van der Waals surface area (Å²) in [5, 5.41) is 0. The van der Waals surface area contributed by atoms with Crippen molar-refractivity contribution >= 4 is 23.5 Å². The molecule has 2 aliphatic heterocycles. The number of hydrogen-bond donors (Lipinski definition) is 0. The minimum atomic E-state index is 0.260. The van der Waals surface area contributed by atoms with Crippen molar-refractivity contribution in [2.75, 3.05) is 11.5 Å². The summed E-state index contributed by atoms with van der Waals surface area (Å²) in [5.41, 5.74) is 0.260. The van der Waals surface area contributed by atoms with Crippen molar-refractivity contribution < 1.29 is 4.74 Å². The first kappa shape index (κ1) is 11.7. The summed E-state index contributed by atoms with van der Waals surface area (Å²) in [7, 11) is 0. The first-order chi connectivity index (χ1) is 7.64. The van der Waals surface area contributed by atoms with Gasteiger partial charge in [-0.1, -0.05) is 6.92 Å². The predicted molar refractivity (Wildman–Crippen MR) is 73.2 cm³/mol. The largest absolute Gasteiger partial charge is 0.370 e. The van der Waals surface area contributed by atoms with Crippen LogP contribution in [0, 0.1) is 5.92 Å². The van der Waals surface area contributed by atoms with Crippen LogP contribution in [0.5, 0.6) is 0 Å². The number of hydrogen-bond acceptors (Lipinski definition) is 3. The van der Waals surface area contributed by atoms with Gasteiger partial charge in [0.15, 0.2) is 0 Å². The van der Waals surface area contributed by atoms with E-state index in [1.165, 1.54) is 43.6 Å². The molecule has 0 aromatic rings. The fourth-order valence-electron chi connectivity index (χ4n) is 3.49. The highest BCUT2D eigenvalue weighted by Crippen LogP contribution is 2.60. The van der Waals surface area contributed by atoms with E-state index in [9.17, 15) is 0 Å². The summed E-state index contributed by atoms with van der Waals surface area (Å²) in [5.74, 6) is 3.57. The second-order valence-electron chi connectivity index (χ2n) is 5.81. The molecule has 3 fully saturated rings. The van der Waals surface area contributed by atoms with E-state index in [-0.39, 0.29) is 5.60 Å². The van der Waals surface area contributed by atoms with Crippen LogP contribution < -0.4 is 0 Å². The van der Waals surface area contributed by atoms with Crippen molar-refractivity contribution in [3.8, 4) is 0 Å². The van der Waals surface area contributed by atoms with E-state index in [2.05, 4.69) is 37.4 Å². The van der Waals surface area contributed by atoms with Crippen molar-refractivity contribution in [2.45, 2.75) is 61.7 Å². The van der Waals surface area contributed by atoms with Crippen molar-refractivity contribution in [2.24, 2.45) is 5.92 Å². The predicted octanol–water partition coefficient (Wildman–Crippen LogP) is 3.92. The van der Waals surface area contributed by atoms with Gasteiger partial charge < -0.3 is 4.74 Å². The number of rotatable bonds is 0. The Morgan fingerprint density at radius 2 is 1.69 bits per heavy atom. The second kappa shape index (κ2) is 4.10. The molecule has 3 aliphatic rings. The Kier molecular flexibility index (Phi) is 3.00. The maximum Gasteiger partial charge on any atom is 0.0896 e. The first-order valence-corrected chi connectivity index (χ1v) is 8.57. The Balaban J connectivity index is 1.75. The minimum Gasteiger partial charge on any atom is -0.370 e. The molecular formula is C13H22OS2. The maximum absolute atomic E-state index is 6.43. The molecule has 3 rings (SSSR count). The Morgan fingerprint density at radius 3 is 2.31 bits per heavy atom. The van der Waals surface area contributed by atoms with Gasteiger partial charge in [-0.05, 0) is 38.5 Å². The fraction of sp³-hybridized carbons (Fsp3) is 1.00. The summed E-state index contributed by atoms with van der Waals surface area (Å²) in [6.45, 7) is 4.69. The van der Waals surface area contributed by atoms with Crippen LogP contribution in [0.1, 0.15) is 46.0 Å². The van der Waals surface area contributed by atoms with Gasteiger partial charge in [0.2, 0.25) is 0 Å². The van der Waals surface area contributed by atoms with Crippen LogP contribution in [0.25, 0.3) is 0 Å². The van der Waals surface area contributed by atoms with Crippen LogP contribution in [-0.4, -0.2) is 27.3 Å². The van der Waals surface area contributed by atoms with E-state index in [0.29, 0.717) is 10.2 Å². The summed E-state index contributed by atoms with van der Waals surface area (Å²) in [6, 6.07) is 0. The molecule has 1 nitrogen and oxygen atoms in total. The maximum atomic E-state index is 6.43. The number of thioether (sulfide) groups is 2. The lowest BCUT2D eigenvalue weighted by Crippen LogP contribution is -2.34. The molecule has 2 saturated heterocycles. The molecule has 1 aliphatic carbocycles. The standard InChI is InChI=1S/C13H22OS2/c1-10-3-5-12(6-4-10)9-13(11(2)14-12)15-7-8-16-13/h10-11H,3-9H2,1-2H3. The molecule has 16 heavy (non-hydrogen) atoms. The zero-order valence-corrected chi connectivity index (χ0v) is 12.0. The molecule has 1 atom stereocenters. The Morgan fingerprint density at radius 1 is 1.06 bits per heavy atom. The van der Waals surface area contributed by atoms with Gasteiger partial charge in [0.1, 0.15) is 0 Å². The van der Waals surface area contributed by atoms with E-state index in [4.69, 9.17) is 4.74 Å². The van der Waals surface area contributed by atoms with E-state index in [1.54, 1.807) is 0 Å². The third-order valence-corrected chi connectivity index (χ3v) is 8.29. The van der Waals surface area contributed by atoms with Gasteiger partial charge in [-0.25, -0.2) is 0 Å². The van der Waals surface area contributed by atoms with Gasteiger partial charge in [0.25, 0.3) is 0 Å². The normalized spacial score (nSPS) is 46.9. The lowest BCUT2D eigenvalue weighted by Gasteiger charge is -2.36. The average molecular weight is 258 g/mol. The fourth-order valence-corrected chi connectivity index (χ4v) is 6.98. The second-order valence-corrected chi connectivity index (χ2v) is 8.92. The molecular weight excluding hydrogens is 236 g/mol. The molecule has 3 heteroatoms. The van der Waals surface area contributed by atoms with Crippen LogP contribution in [0.15, 0.2) is 0 Å². The molecule has 0 bridgehead atoms. The molecule has 92 valence electrons. The molecule has 0 aromatic carbocycles. The molecule has 0 N–H and O–H groups in total. The van der Waals surface area contributed by atoms with Gasteiger partial charge in [0.05, 0.1) is 15.8 Å². The first-order valence-electron chi connectivity index (χ1n) is 6.60. The van der Waals surface area contributed by atoms with Crippen LogP contribution in [0.2, 0.25) is 0 Å². The summed E-state index contributed by atoms with van der Waals surface area (Å²) >= 11 is 4.33. The lowest BCUT2D eigenvalue weighted by atomic mass is 9.78. The van der Waals surface area contributed by atoms with Crippen LogP contribution in [-0.2, 0) is 4.74 Å². The molecule has 0 aromatic heterocycles. The molecule has 2 spiro atoms. The topological polar surface area (TPSA) is 9.23 Å². The smallest absolute Gasteiger partial charge is 0.0896 e.